The number of benzene rings is 2. The van der Waals surface area contributed by atoms with Crippen molar-refractivity contribution in [3.05, 3.63) is 71.8 Å². The summed E-state index contributed by atoms with van der Waals surface area (Å²) >= 11 is 0. The zero-order valence-corrected chi connectivity index (χ0v) is 25.7. The molecule has 2 atom stereocenters. The van der Waals surface area contributed by atoms with Gasteiger partial charge in [0.15, 0.2) is 17.0 Å². The highest BCUT2D eigenvalue weighted by Crippen LogP contribution is 2.44. The molecule has 2 fully saturated rings. The summed E-state index contributed by atoms with van der Waals surface area (Å²) < 4.78 is 7.97. The molecule has 2 aromatic heterocycles. The largest absolute Gasteiger partial charge is 0.367 e. The Kier molecular flexibility index (Phi) is 8.45. The minimum absolute atomic E-state index is 0.0795. The molecular weight excluding hydrogens is 568 g/mol. The quantitative estimate of drug-likeness (QED) is 0.246. The molecule has 0 bridgehead atoms. The lowest BCUT2D eigenvalue weighted by Gasteiger charge is -2.26. The number of piperidine rings is 1. The lowest BCUT2D eigenvalue weighted by atomic mass is 9.97. The summed E-state index contributed by atoms with van der Waals surface area (Å²) in [6.45, 7) is 6.47. The van der Waals surface area contributed by atoms with E-state index in [0.717, 1.165) is 19.6 Å². The molecule has 4 aromatic rings. The molecule has 11 heteroatoms. The molecule has 4 heterocycles. The highest BCUT2D eigenvalue weighted by atomic mass is 16.5. The fourth-order valence-electron chi connectivity index (χ4n) is 6.93. The van der Waals surface area contributed by atoms with Crippen LogP contribution in [0.5, 0.6) is 0 Å². The molecule has 2 unspecified atom stereocenters. The summed E-state index contributed by atoms with van der Waals surface area (Å²) in [5.41, 5.74) is 6.06. The Morgan fingerprint density at radius 1 is 0.933 bits per heavy atom. The molecule has 3 aliphatic rings. The van der Waals surface area contributed by atoms with Crippen molar-refractivity contribution in [3.8, 4) is 11.1 Å². The molecule has 2 saturated heterocycles. The van der Waals surface area contributed by atoms with Crippen LogP contribution in [0, 0.1) is 0 Å². The number of hydrogen-bond acceptors (Lipinski definition) is 8. The third-order valence-corrected chi connectivity index (χ3v) is 9.17. The van der Waals surface area contributed by atoms with E-state index in [2.05, 4.69) is 74.4 Å². The van der Waals surface area contributed by atoms with E-state index in [1.165, 1.54) is 41.5 Å². The van der Waals surface area contributed by atoms with Crippen LogP contribution in [-0.2, 0) is 9.53 Å². The van der Waals surface area contributed by atoms with Crippen LogP contribution in [-0.4, -0.2) is 81.6 Å². The van der Waals surface area contributed by atoms with Gasteiger partial charge in [0, 0.05) is 32.1 Å². The highest BCUT2D eigenvalue weighted by molar-refractivity contribution is 5.94. The Morgan fingerprint density at radius 2 is 1.67 bits per heavy atom. The third-order valence-electron chi connectivity index (χ3n) is 9.17. The smallest absolute Gasteiger partial charge is 0.289 e. The van der Waals surface area contributed by atoms with E-state index in [0.29, 0.717) is 49.5 Å². The second-order valence-corrected chi connectivity index (χ2v) is 12.0. The van der Waals surface area contributed by atoms with Gasteiger partial charge in [-0.05, 0) is 68.0 Å². The van der Waals surface area contributed by atoms with E-state index >= 15 is 0 Å². The fourth-order valence-corrected chi connectivity index (χ4v) is 6.93. The number of ether oxygens (including phenoxy) is 1. The van der Waals surface area contributed by atoms with Crippen molar-refractivity contribution in [1.29, 1.82) is 0 Å². The van der Waals surface area contributed by atoms with Crippen molar-refractivity contribution in [2.75, 3.05) is 44.6 Å². The lowest BCUT2D eigenvalue weighted by molar-refractivity contribution is -0.133. The molecule has 45 heavy (non-hydrogen) atoms. The number of likely N-dealkylation sites (tertiary alicyclic amines) is 1. The van der Waals surface area contributed by atoms with Crippen molar-refractivity contribution in [2.24, 2.45) is 0 Å². The summed E-state index contributed by atoms with van der Waals surface area (Å²) in [7, 11) is 0. The van der Waals surface area contributed by atoms with E-state index in [-0.39, 0.29) is 23.6 Å². The van der Waals surface area contributed by atoms with Crippen LogP contribution in [0.1, 0.15) is 72.9 Å². The number of likely N-dealkylation sites (N-methyl/N-ethyl adjacent to an activating group) is 1. The maximum Gasteiger partial charge on any atom is 0.289 e. The van der Waals surface area contributed by atoms with Crippen LogP contribution in [0.25, 0.3) is 22.3 Å². The Balaban J connectivity index is 1.17. The van der Waals surface area contributed by atoms with Crippen LogP contribution in [0.15, 0.2) is 54.9 Å². The summed E-state index contributed by atoms with van der Waals surface area (Å²) in [6.07, 6.45) is 5.62. The standard InChI is InChI=1S/C34H40N8O3/c1-2-35-33(43)27-14-15-28(45-27)42-21-38-29-30(37-20-26-24-12-6-4-10-22(24)23-11-5-7-13-25(23)26)39-31(40-32(29)42)34(44)36-16-19-41-17-8-3-9-18-41/h4-7,10-13,21,26-28H,2-3,8-9,14-20H2,1H3,(H,35,43)(H,36,44)(H,37,39,40). The number of rotatable bonds is 10. The van der Waals surface area contributed by atoms with Crippen LogP contribution >= 0.6 is 0 Å². The van der Waals surface area contributed by atoms with E-state index in [1.54, 1.807) is 6.33 Å². The molecule has 234 valence electrons. The third kappa shape index (κ3) is 5.89. The Bertz CT molecular complexity index is 1650. The van der Waals surface area contributed by atoms with Gasteiger partial charge in [-0.3, -0.25) is 14.2 Å². The van der Waals surface area contributed by atoms with Crippen LogP contribution in [0.4, 0.5) is 5.82 Å². The zero-order valence-electron chi connectivity index (χ0n) is 25.7. The normalized spacial score (nSPS) is 19.8. The van der Waals surface area contributed by atoms with Crippen molar-refractivity contribution in [1.82, 2.24) is 35.1 Å². The topological polar surface area (TPSA) is 126 Å². The number of nitrogens with one attached hydrogen (secondary N) is 3. The molecule has 2 amide bonds. The molecular formula is C34H40N8O3. The first-order valence-corrected chi connectivity index (χ1v) is 16.2. The average Bonchev–Trinajstić information content (AvgIpc) is 3.80. The lowest BCUT2D eigenvalue weighted by Crippen LogP contribution is -2.38. The van der Waals surface area contributed by atoms with Crippen molar-refractivity contribution < 1.29 is 14.3 Å². The van der Waals surface area contributed by atoms with Crippen LogP contribution in [0.3, 0.4) is 0 Å². The second kappa shape index (κ2) is 12.9. The number of amides is 2. The number of imidazole rings is 1. The monoisotopic (exact) mass is 608 g/mol. The molecule has 1 aliphatic carbocycles. The molecule has 11 nitrogen and oxygen atoms in total. The van der Waals surface area contributed by atoms with Gasteiger partial charge in [0.2, 0.25) is 11.7 Å². The van der Waals surface area contributed by atoms with Gasteiger partial charge < -0.3 is 25.6 Å². The van der Waals surface area contributed by atoms with Gasteiger partial charge in [-0.2, -0.15) is 0 Å². The number of carbonyl (C=O) groups is 2. The van der Waals surface area contributed by atoms with Gasteiger partial charge in [-0.25, -0.2) is 15.0 Å². The Morgan fingerprint density at radius 3 is 2.40 bits per heavy atom. The first-order valence-electron chi connectivity index (χ1n) is 16.2. The van der Waals surface area contributed by atoms with Gasteiger partial charge in [0.25, 0.3) is 5.91 Å². The second-order valence-electron chi connectivity index (χ2n) is 12.0. The summed E-state index contributed by atoms with van der Waals surface area (Å²) in [5, 5.41) is 9.42. The Hall–Kier alpha value is -4.35. The predicted molar refractivity (Wildman–Crippen MR) is 172 cm³/mol. The van der Waals surface area contributed by atoms with Crippen molar-refractivity contribution in [3.63, 3.8) is 0 Å². The van der Waals surface area contributed by atoms with Gasteiger partial charge in [-0.1, -0.05) is 55.0 Å². The Labute approximate surface area is 262 Å². The summed E-state index contributed by atoms with van der Waals surface area (Å²) in [5.74, 6) is 0.249. The first kappa shape index (κ1) is 29.4. The number of carbonyl (C=O) groups excluding carboxylic acids is 2. The van der Waals surface area contributed by atoms with Crippen molar-refractivity contribution >= 4 is 28.8 Å². The molecule has 7 rings (SSSR count). The van der Waals surface area contributed by atoms with Gasteiger partial charge in [0.1, 0.15) is 12.3 Å². The van der Waals surface area contributed by atoms with Crippen LogP contribution < -0.4 is 16.0 Å². The predicted octanol–water partition coefficient (Wildman–Crippen LogP) is 4.08. The van der Waals surface area contributed by atoms with Gasteiger partial charge in [0.05, 0.1) is 6.33 Å². The highest BCUT2D eigenvalue weighted by Gasteiger charge is 2.33. The maximum absolute atomic E-state index is 13.4. The molecule has 2 aromatic carbocycles. The molecule has 0 spiro atoms. The molecule has 3 N–H and O–H groups in total. The molecule has 0 saturated carbocycles. The van der Waals surface area contributed by atoms with Crippen LogP contribution in [0.2, 0.25) is 0 Å². The zero-order chi connectivity index (χ0) is 30.8. The van der Waals surface area contributed by atoms with E-state index in [1.807, 2.05) is 11.5 Å². The molecule has 0 radical (unpaired) electrons. The van der Waals surface area contributed by atoms with Crippen molar-refractivity contribution in [2.45, 2.75) is 57.3 Å². The maximum atomic E-state index is 13.4. The number of aromatic nitrogens is 4. The minimum Gasteiger partial charge on any atom is -0.367 e. The van der Waals surface area contributed by atoms with E-state index < -0.39 is 12.3 Å². The SMILES string of the molecule is CCNC(=O)C1CCC(n2cnc3c(NCC4c5ccccc5-c5ccccc54)nc(C(=O)NCCN4CCCCC4)nc32)O1. The summed E-state index contributed by atoms with van der Waals surface area (Å²) in [4.78, 5) is 42.4. The van der Waals surface area contributed by atoms with Gasteiger partial charge in [-0.15, -0.1) is 0 Å². The molecule has 2 aliphatic heterocycles. The number of fused-ring (bicyclic) bond motifs is 4. The van der Waals surface area contributed by atoms with E-state index in [9.17, 15) is 9.59 Å². The first-order chi connectivity index (χ1) is 22.1. The number of hydrogen-bond donors (Lipinski definition) is 3. The summed E-state index contributed by atoms with van der Waals surface area (Å²) in [6, 6.07) is 17.0. The fraction of sp³-hybridized carbons (Fsp3) is 0.441. The number of anilines is 1. The average molecular weight is 609 g/mol. The van der Waals surface area contributed by atoms with E-state index in [4.69, 9.17) is 14.7 Å². The number of nitrogens with zero attached hydrogens (tertiary/aromatic N) is 5. The van der Waals surface area contributed by atoms with Gasteiger partial charge >= 0.3 is 0 Å². The minimum atomic E-state index is -0.535.